The minimum Gasteiger partial charge on any atom is -0.356 e. The minimum atomic E-state index is 0. The van der Waals surface area contributed by atoms with E-state index >= 15 is 0 Å². The fourth-order valence-corrected chi connectivity index (χ4v) is 3.90. The molecule has 4 rings (SSSR count). The molecular weight excluding hydrogens is 461 g/mol. The van der Waals surface area contributed by atoms with Gasteiger partial charge in [0.25, 0.3) is 0 Å². The summed E-state index contributed by atoms with van der Waals surface area (Å²) in [6.45, 7) is 2.07. The van der Waals surface area contributed by atoms with E-state index < -0.39 is 0 Å². The van der Waals surface area contributed by atoms with Crippen LogP contribution >= 0.6 is 24.0 Å². The maximum atomic E-state index is 4.46. The number of hydrogen-bond donors (Lipinski definition) is 2. The van der Waals surface area contributed by atoms with Crippen LogP contribution in [0.15, 0.2) is 59.7 Å². The largest absolute Gasteiger partial charge is 0.356 e. The van der Waals surface area contributed by atoms with Gasteiger partial charge in [0.2, 0.25) is 0 Å². The molecule has 0 amide bonds. The molecule has 150 valence electrons. The molecule has 2 unspecified atom stereocenters. The summed E-state index contributed by atoms with van der Waals surface area (Å²) < 4.78 is 0. The zero-order valence-corrected chi connectivity index (χ0v) is 18.8. The Balaban J connectivity index is 0.00000225. The zero-order valence-electron chi connectivity index (χ0n) is 16.4. The Morgan fingerprint density at radius 3 is 2.50 bits per heavy atom. The van der Waals surface area contributed by atoms with Crippen molar-refractivity contribution >= 4 is 35.8 Å². The minimum absolute atomic E-state index is 0. The number of guanidine groups is 1. The first-order chi connectivity index (χ1) is 13.3. The molecule has 2 atom stereocenters. The smallest absolute Gasteiger partial charge is 0.191 e. The highest BCUT2D eigenvalue weighted by Gasteiger charge is 2.37. The lowest BCUT2D eigenvalue weighted by Crippen LogP contribution is -2.49. The Kier molecular flexibility index (Phi) is 7.53. The third kappa shape index (κ3) is 5.59. The fraction of sp³-hybridized carbons (Fsp3) is 0.455. The van der Waals surface area contributed by atoms with Gasteiger partial charge >= 0.3 is 0 Å². The number of pyridine rings is 1. The van der Waals surface area contributed by atoms with Gasteiger partial charge in [-0.25, -0.2) is 4.98 Å². The van der Waals surface area contributed by atoms with Crippen molar-refractivity contribution in [3.8, 4) is 0 Å². The van der Waals surface area contributed by atoms with Gasteiger partial charge in [-0.1, -0.05) is 36.4 Å². The molecule has 2 heterocycles. The number of benzene rings is 1. The summed E-state index contributed by atoms with van der Waals surface area (Å²) in [4.78, 5) is 11.3. The second-order valence-electron chi connectivity index (χ2n) is 7.60. The molecule has 6 heteroatoms. The highest BCUT2D eigenvalue weighted by molar-refractivity contribution is 14.0. The van der Waals surface area contributed by atoms with Crippen molar-refractivity contribution in [1.29, 1.82) is 0 Å². The van der Waals surface area contributed by atoms with Crippen molar-refractivity contribution in [2.24, 2.45) is 10.9 Å². The highest BCUT2D eigenvalue weighted by Crippen LogP contribution is 2.33. The lowest BCUT2D eigenvalue weighted by Gasteiger charge is -2.33. The van der Waals surface area contributed by atoms with Crippen LogP contribution in [-0.4, -0.2) is 43.2 Å². The van der Waals surface area contributed by atoms with Crippen molar-refractivity contribution in [2.75, 3.05) is 25.0 Å². The van der Waals surface area contributed by atoms with Gasteiger partial charge in [0.05, 0.1) is 0 Å². The van der Waals surface area contributed by atoms with E-state index in [0.717, 1.165) is 50.0 Å². The molecule has 1 saturated carbocycles. The summed E-state index contributed by atoms with van der Waals surface area (Å²) in [7, 11) is 1.87. The molecule has 2 N–H and O–H groups in total. The van der Waals surface area contributed by atoms with Crippen molar-refractivity contribution < 1.29 is 0 Å². The van der Waals surface area contributed by atoms with Gasteiger partial charge in [-0.05, 0) is 49.3 Å². The van der Waals surface area contributed by atoms with Crippen molar-refractivity contribution in [2.45, 2.75) is 37.8 Å². The number of hydrogen-bond acceptors (Lipinski definition) is 3. The number of halogens is 1. The molecule has 2 fully saturated rings. The van der Waals surface area contributed by atoms with Crippen LogP contribution in [0.3, 0.4) is 0 Å². The average molecular weight is 491 g/mol. The SMILES string of the molecule is CN=C(NC1CCN(c2ccccn2)CC1)NC1CC1Cc1ccccc1.I. The first-order valence-electron chi connectivity index (χ1n) is 10.0. The Morgan fingerprint density at radius 1 is 1.07 bits per heavy atom. The number of piperidine rings is 1. The van der Waals surface area contributed by atoms with Crippen LogP contribution in [0.25, 0.3) is 0 Å². The van der Waals surface area contributed by atoms with Crippen LogP contribution in [0.1, 0.15) is 24.8 Å². The average Bonchev–Trinajstić information content (AvgIpc) is 3.46. The van der Waals surface area contributed by atoms with Gasteiger partial charge in [-0.3, -0.25) is 4.99 Å². The van der Waals surface area contributed by atoms with Crippen LogP contribution in [0.5, 0.6) is 0 Å². The predicted octanol–water partition coefficient (Wildman–Crippen LogP) is 3.46. The third-order valence-corrected chi connectivity index (χ3v) is 5.62. The lowest BCUT2D eigenvalue weighted by atomic mass is 10.1. The van der Waals surface area contributed by atoms with E-state index in [-0.39, 0.29) is 24.0 Å². The number of nitrogens with zero attached hydrogens (tertiary/aromatic N) is 3. The quantitative estimate of drug-likeness (QED) is 0.382. The van der Waals surface area contributed by atoms with Crippen molar-refractivity contribution in [3.63, 3.8) is 0 Å². The second-order valence-corrected chi connectivity index (χ2v) is 7.60. The molecule has 0 spiro atoms. The standard InChI is InChI=1S/C22H29N5.HI/c1-23-22(26-20-16-18(20)15-17-7-3-2-4-8-17)25-19-10-13-27(14-11-19)21-9-5-6-12-24-21;/h2-9,12,18-20H,10-11,13-16H2,1H3,(H2,23,25,26);1H. The Morgan fingerprint density at radius 2 is 1.82 bits per heavy atom. The number of aromatic nitrogens is 1. The van der Waals surface area contributed by atoms with E-state index in [9.17, 15) is 0 Å². The Hall–Kier alpha value is -1.83. The first kappa shape index (κ1) is 20.9. The van der Waals surface area contributed by atoms with E-state index in [1.807, 2.05) is 19.3 Å². The van der Waals surface area contributed by atoms with Crippen LogP contribution in [0.2, 0.25) is 0 Å². The summed E-state index contributed by atoms with van der Waals surface area (Å²) in [5, 5.41) is 7.24. The summed E-state index contributed by atoms with van der Waals surface area (Å²) in [6.07, 6.45) is 6.46. The van der Waals surface area contributed by atoms with Crippen LogP contribution in [0, 0.1) is 5.92 Å². The van der Waals surface area contributed by atoms with E-state index in [2.05, 4.69) is 68.0 Å². The molecule has 1 aliphatic carbocycles. The van der Waals surface area contributed by atoms with E-state index in [1.54, 1.807) is 0 Å². The molecule has 1 saturated heterocycles. The van der Waals surface area contributed by atoms with Crippen molar-refractivity contribution in [3.05, 3.63) is 60.3 Å². The molecule has 0 bridgehead atoms. The second kappa shape index (κ2) is 10.1. The molecule has 1 aromatic carbocycles. The summed E-state index contributed by atoms with van der Waals surface area (Å²) >= 11 is 0. The van der Waals surface area contributed by atoms with E-state index in [1.165, 1.54) is 12.0 Å². The maximum Gasteiger partial charge on any atom is 0.191 e. The normalized spacial score (nSPS) is 22.3. The van der Waals surface area contributed by atoms with Crippen LogP contribution < -0.4 is 15.5 Å². The monoisotopic (exact) mass is 491 g/mol. The number of rotatable bonds is 5. The molecule has 1 aromatic heterocycles. The number of aliphatic imine (C=N–C) groups is 1. The molecule has 0 radical (unpaired) electrons. The van der Waals surface area contributed by atoms with E-state index in [4.69, 9.17) is 0 Å². The third-order valence-electron chi connectivity index (χ3n) is 5.62. The summed E-state index contributed by atoms with van der Waals surface area (Å²) in [5.74, 6) is 2.75. The summed E-state index contributed by atoms with van der Waals surface area (Å²) in [6, 6.07) is 17.9. The number of anilines is 1. The lowest BCUT2D eigenvalue weighted by molar-refractivity contribution is 0.459. The molecule has 2 aliphatic rings. The van der Waals surface area contributed by atoms with Crippen LogP contribution in [-0.2, 0) is 6.42 Å². The van der Waals surface area contributed by atoms with Gasteiger partial charge in [0, 0.05) is 38.4 Å². The van der Waals surface area contributed by atoms with Gasteiger partial charge in [0.15, 0.2) is 5.96 Å². The van der Waals surface area contributed by atoms with Crippen LogP contribution in [0.4, 0.5) is 5.82 Å². The molecule has 1 aliphatic heterocycles. The fourth-order valence-electron chi connectivity index (χ4n) is 3.90. The molecule has 5 nitrogen and oxygen atoms in total. The van der Waals surface area contributed by atoms with E-state index in [0.29, 0.717) is 12.1 Å². The predicted molar refractivity (Wildman–Crippen MR) is 127 cm³/mol. The van der Waals surface area contributed by atoms with Crippen molar-refractivity contribution in [1.82, 2.24) is 15.6 Å². The topological polar surface area (TPSA) is 52.6 Å². The van der Waals surface area contributed by atoms with Gasteiger partial charge in [-0.15, -0.1) is 24.0 Å². The maximum absolute atomic E-state index is 4.46. The van der Waals surface area contributed by atoms with Gasteiger partial charge < -0.3 is 15.5 Å². The molecular formula is C22H30IN5. The van der Waals surface area contributed by atoms with Gasteiger partial charge in [-0.2, -0.15) is 0 Å². The molecule has 28 heavy (non-hydrogen) atoms. The number of nitrogens with one attached hydrogen (secondary N) is 2. The molecule has 2 aromatic rings. The Bertz CT molecular complexity index is 744. The highest BCUT2D eigenvalue weighted by atomic mass is 127. The van der Waals surface area contributed by atoms with Gasteiger partial charge in [0.1, 0.15) is 5.82 Å². The summed E-state index contributed by atoms with van der Waals surface area (Å²) in [5.41, 5.74) is 1.43. The zero-order chi connectivity index (χ0) is 18.5. The Labute approximate surface area is 185 Å². The first-order valence-corrected chi connectivity index (χ1v) is 10.0.